The first-order valence-electron chi connectivity index (χ1n) is 5.43. The lowest BCUT2D eigenvalue weighted by atomic mass is 10.1. The third-order valence-electron chi connectivity index (χ3n) is 2.71. The Balaban J connectivity index is 2.02. The Hall–Kier alpha value is -0.670. The van der Waals surface area contributed by atoms with Gasteiger partial charge in [0.2, 0.25) is 0 Å². The molecule has 1 aromatic carbocycles. The molecule has 0 spiro atoms. The molecule has 15 heavy (non-hydrogen) atoms. The van der Waals surface area contributed by atoms with Gasteiger partial charge in [0.25, 0.3) is 0 Å². The van der Waals surface area contributed by atoms with Crippen molar-refractivity contribution in [2.75, 3.05) is 16.8 Å². The molecule has 82 valence electrons. The number of aliphatic hydroxyl groups is 1. The lowest BCUT2D eigenvalue weighted by Gasteiger charge is -2.24. The Kier molecular flexibility index (Phi) is 3.92. The van der Waals surface area contributed by atoms with Gasteiger partial charge in [-0.2, -0.15) is 11.8 Å². The van der Waals surface area contributed by atoms with Gasteiger partial charge in [-0.1, -0.05) is 18.2 Å². The van der Waals surface area contributed by atoms with Gasteiger partial charge in [0.15, 0.2) is 0 Å². The van der Waals surface area contributed by atoms with Crippen LogP contribution in [0.15, 0.2) is 24.3 Å². The van der Waals surface area contributed by atoms with E-state index in [0.29, 0.717) is 6.04 Å². The molecule has 1 fully saturated rings. The highest BCUT2D eigenvalue weighted by atomic mass is 32.2. The third kappa shape index (κ3) is 2.89. The second-order valence-electron chi connectivity index (χ2n) is 3.87. The van der Waals surface area contributed by atoms with Gasteiger partial charge in [-0.3, -0.25) is 0 Å². The van der Waals surface area contributed by atoms with E-state index >= 15 is 0 Å². The van der Waals surface area contributed by atoms with E-state index in [4.69, 9.17) is 0 Å². The van der Waals surface area contributed by atoms with Gasteiger partial charge in [-0.15, -0.1) is 0 Å². The predicted molar refractivity (Wildman–Crippen MR) is 66.3 cm³/mol. The molecule has 0 radical (unpaired) electrons. The molecule has 0 amide bonds. The lowest BCUT2D eigenvalue weighted by Crippen LogP contribution is -2.26. The number of nitrogens with one attached hydrogen (secondary N) is 1. The molecule has 2 nitrogen and oxygen atoms in total. The predicted octanol–water partition coefficient (Wildman–Crippen LogP) is 2.49. The van der Waals surface area contributed by atoms with Crippen LogP contribution in [0.25, 0.3) is 0 Å². The molecule has 1 unspecified atom stereocenters. The molecular weight excluding hydrogens is 206 g/mol. The van der Waals surface area contributed by atoms with Crippen molar-refractivity contribution >= 4 is 17.4 Å². The van der Waals surface area contributed by atoms with Gasteiger partial charge in [-0.05, 0) is 24.7 Å². The number of thioether (sulfide) groups is 1. The summed E-state index contributed by atoms with van der Waals surface area (Å²) in [5.74, 6) is 2.47. The second-order valence-corrected chi connectivity index (χ2v) is 5.02. The zero-order valence-electron chi connectivity index (χ0n) is 8.78. The summed E-state index contributed by atoms with van der Waals surface area (Å²) in [4.78, 5) is 0. The summed E-state index contributed by atoms with van der Waals surface area (Å²) in [6.07, 6.45) is 2.54. The first-order chi connectivity index (χ1) is 7.40. The molecule has 0 aromatic heterocycles. The Bertz CT molecular complexity index is 310. The van der Waals surface area contributed by atoms with E-state index in [1.54, 1.807) is 0 Å². The van der Waals surface area contributed by atoms with Gasteiger partial charge in [0.05, 0.1) is 6.61 Å². The van der Waals surface area contributed by atoms with E-state index in [2.05, 4.69) is 5.32 Å². The van der Waals surface area contributed by atoms with E-state index < -0.39 is 0 Å². The molecule has 1 aliphatic heterocycles. The lowest BCUT2D eigenvalue weighted by molar-refractivity contribution is 0.282. The fourth-order valence-electron chi connectivity index (χ4n) is 1.87. The average Bonchev–Trinajstić information content (AvgIpc) is 2.31. The van der Waals surface area contributed by atoms with Crippen molar-refractivity contribution in [3.8, 4) is 0 Å². The van der Waals surface area contributed by atoms with Crippen LogP contribution in [0.3, 0.4) is 0 Å². The Labute approximate surface area is 95.1 Å². The molecular formula is C12H17NOS. The molecule has 2 N–H and O–H groups in total. The van der Waals surface area contributed by atoms with Crippen molar-refractivity contribution in [3.05, 3.63) is 29.8 Å². The van der Waals surface area contributed by atoms with Crippen LogP contribution in [0.4, 0.5) is 5.69 Å². The zero-order chi connectivity index (χ0) is 10.5. The monoisotopic (exact) mass is 223 g/mol. The second kappa shape index (κ2) is 5.42. The summed E-state index contributed by atoms with van der Waals surface area (Å²) in [5, 5.41) is 12.7. The zero-order valence-corrected chi connectivity index (χ0v) is 9.59. The van der Waals surface area contributed by atoms with Crippen LogP contribution in [0.1, 0.15) is 18.4 Å². The number of hydrogen-bond acceptors (Lipinski definition) is 3. The minimum Gasteiger partial charge on any atom is -0.392 e. The highest BCUT2D eigenvalue weighted by Crippen LogP contribution is 2.22. The molecule has 1 atom stereocenters. The first kappa shape index (κ1) is 10.8. The van der Waals surface area contributed by atoms with Crippen molar-refractivity contribution in [2.45, 2.75) is 25.5 Å². The SMILES string of the molecule is OCc1ccccc1NC1CCCSC1. The Morgan fingerprint density at radius 3 is 3.00 bits per heavy atom. The molecule has 2 rings (SSSR count). The molecule has 1 saturated heterocycles. The van der Waals surface area contributed by atoms with E-state index in [9.17, 15) is 5.11 Å². The molecule has 1 aromatic rings. The standard InChI is InChI=1S/C12H17NOS/c14-8-10-4-1-2-6-12(10)13-11-5-3-7-15-9-11/h1-2,4,6,11,13-14H,3,5,7-9H2. The maximum atomic E-state index is 9.20. The molecule has 0 bridgehead atoms. The summed E-state index contributed by atoms with van der Waals surface area (Å²) < 4.78 is 0. The van der Waals surface area contributed by atoms with Gasteiger partial charge in [0, 0.05) is 23.0 Å². The molecule has 1 heterocycles. The van der Waals surface area contributed by atoms with Crippen LogP contribution in [0.5, 0.6) is 0 Å². The van der Waals surface area contributed by atoms with Crippen molar-refractivity contribution in [3.63, 3.8) is 0 Å². The van der Waals surface area contributed by atoms with E-state index in [1.165, 1.54) is 24.3 Å². The number of benzene rings is 1. The van der Waals surface area contributed by atoms with Crippen LogP contribution in [-0.4, -0.2) is 22.7 Å². The van der Waals surface area contributed by atoms with E-state index in [-0.39, 0.29) is 6.61 Å². The molecule has 3 heteroatoms. The van der Waals surface area contributed by atoms with Gasteiger partial charge < -0.3 is 10.4 Å². The van der Waals surface area contributed by atoms with Crippen LogP contribution in [-0.2, 0) is 6.61 Å². The van der Waals surface area contributed by atoms with E-state index in [1.807, 2.05) is 36.0 Å². The maximum absolute atomic E-state index is 9.20. The molecule has 0 aliphatic carbocycles. The molecule has 0 saturated carbocycles. The quantitative estimate of drug-likeness (QED) is 0.825. The summed E-state index contributed by atoms with van der Waals surface area (Å²) in [5.41, 5.74) is 2.08. The molecule has 1 aliphatic rings. The Morgan fingerprint density at radius 2 is 2.27 bits per heavy atom. The van der Waals surface area contributed by atoms with Crippen molar-refractivity contribution in [2.24, 2.45) is 0 Å². The number of para-hydroxylation sites is 1. The van der Waals surface area contributed by atoms with Crippen molar-refractivity contribution < 1.29 is 5.11 Å². The Morgan fingerprint density at radius 1 is 1.40 bits per heavy atom. The van der Waals surface area contributed by atoms with Gasteiger partial charge in [0.1, 0.15) is 0 Å². The van der Waals surface area contributed by atoms with Crippen molar-refractivity contribution in [1.29, 1.82) is 0 Å². The number of hydrogen-bond donors (Lipinski definition) is 2. The van der Waals surface area contributed by atoms with Crippen LogP contribution < -0.4 is 5.32 Å². The average molecular weight is 223 g/mol. The van der Waals surface area contributed by atoms with Gasteiger partial charge in [-0.25, -0.2) is 0 Å². The highest BCUT2D eigenvalue weighted by Gasteiger charge is 2.14. The maximum Gasteiger partial charge on any atom is 0.0701 e. The van der Waals surface area contributed by atoms with E-state index in [0.717, 1.165) is 11.3 Å². The minimum absolute atomic E-state index is 0.114. The highest BCUT2D eigenvalue weighted by molar-refractivity contribution is 7.99. The summed E-state index contributed by atoms with van der Waals surface area (Å²) in [7, 11) is 0. The topological polar surface area (TPSA) is 32.3 Å². The number of rotatable bonds is 3. The van der Waals surface area contributed by atoms with Crippen LogP contribution in [0.2, 0.25) is 0 Å². The minimum atomic E-state index is 0.114. The first-order valence-corrected chi connectivity index (χ1v) is 6.58. The largest absolute Gasteiger partial charge is 0.392 e. The van der Waals surface area contributed by atoms with Crippen LogP contribution in [0, 0.1) is 0 Å². The smallest absolute Gasteiger partial charge is 0.0701 e. The third-order valence-corrected chi connectivity index (χ3v) is 3.92. The summed E-state index contributed by atoms with van der Waals surface area (Å²) >= 11 is 2.01. The number of anilines is 1. The normalized spacial score (nSPS) is 21.3. The number of aliphatic hydroxyl groups excluding tert-OH is 1. The fraction of sp³-hybridized carbons (Fsp3) is 0.500. The fourth-order valence-corrected chi connectivity index (χ4v) is 2.95. The summed E-state index contributed by atoms with van der Waals surface area (Å²) in [6, 6.07) is 8.56. The summed E-state index contributed by atoms with van der Waals surface area (Å²) in [6.45, 7) is 0.114. The van der Waals surface area contributed by atoms with Crippen LogP contribution >= 0.6 is 11.8 Å². The van der Waals surface area contributed by atoms with Crippen molar-refractivity contribution in [1.82, 2.24) is 0 Å². The van der Waals surface area contributed by atoms with Gasteiger partial charge >= 0.3 is 0 Å².